The van der Waals surface area contributed by atoms with E-state index in [9.17, 15) is 13.2 Å². The molecule has 2 aliphatic carbocycles. The quantitative estimate of drug-likeness (QED) is 0.685. The van der Waals surface area contributed by atoms with E-state index >= 15 is 0 Å². The second-order valence-corrected chi connectivity index (χ2v) is 10.5. The van der Waals surface area contributed by atoms with Crippen LogP contribution in [0.5, 0.6) is 0 Å². The number of urea groups is 1. The van der Waals surface area contributed by atoms with E-state index in [1.807, 2.05) is 0 Å². The number of anilines is 1. The van der Waals surface area contributed by atoms with Gasteiger partial charge in [0, 0.05) is 69.2 Å². The molecule has 0 bridgehead atoms. The molecular weight excluding hydrogens is 413 g/mol. The average Bonchev–Trinajstić information content (AvgIpc) is 3.32. The molecule has 4 rings (SSSR count). The number of hydrogen-bond acceptors (Lipinski definition) is 4. The average molecular weight is 445 g/mol. The molecule has 1 fully saturated rings. The van der Waals surface area contributed by atoms with E-state index in [-0.39, 0.29) is 63.2 Å². The third kappa shape index (κ3) is 5.27. The van der Waals surface area contributed by atoms with Crippen molar-refractivity contribution in [2.75, 3.05) is 17.6 Å². The Hall–Kier alpha value is 0.0364. The predicted octanol–water partition coefficient (Wildman–Crippen LogP) is 2.61. The van der Waals surface area contributed by atoms with Crippen LogP contribution in [0.2, 0.25) is 0 Å². The summed E-state index contributed by atoms with van der Waals surface area (Å²) in [4.78, 5) is 14.8. The number of aryl methyl sites for hydroxylation is 2. The Kier molecular flexibility index (Phi) is 7.90. The number of hydrogen-bond donors (Lipinski definition) is 2. The maximum Gasteiger partial charge on any atom is 0.332 e. The summed E-state index contributed by atoms with van der Waals surface area (Å²) in [6, 6.07) is 1.97. The normalized spacial score (nSPS) is 21.0. The molecule has 2 N–H and O–H groups in total. The minimum atomic E-state index is -3.68. The van der Waals surface area contributed by atoms with Crippen molar-refractivity contribution in [1.29, 1.82) is 0 Å². The van der Waals surface area contributed by atoms with Gasteiger partial charge in [-0.15, -0.1) is 0 Å². The van der Waals surface area contributed by atoms with Gasteiger partial charge in [-0.25, -0.2) is 17.9 Å². The van der Waals surface area contributed by atoms with Crippen LogP contribution < -0.4 is 10.0 Å². The Labute approximate surface area is 217 Å². The van der Waals surface area contributed by atoms with E-state index in [4.69, 9.17) is 0 Å². The van der Waals surface area contributed by atoms with Crippen molar-refractivity contribution < 1.29 is 13.2 Å². The summed E-state index contributed by atoms with van der Waals surface area (Å²) in [5.74, 6) is -0.0242. The first kappa shape index (κ1) is 23.7. The third-order valence-electron chi connectivity index (χ3n) is 6.46. The number of likely N-dealkylation sites (tertiary alicyclic amines) is 1. The summed E-state index contributed by atoms with van der Waals surface area (Å²) in [7, 11) is -3.68. The summed E-state index contributed by atoms with van der Waals surface area (Å²) in [5.41, 5.74) is 5.92. The minimum Gasteiger partial charge on any atom is -0.307 e. The zero-order valence-corrected chi connectivity index (χ0v) is 21.8. The van der Waals surface area contributed by atoms with Crippen LogP contribution in [0.25, 0.3) is 0 Å². The number of benzene rings is 1. The van der Waals surface area contributed by atoms with Gasteiger partial charge in [0.15, 0.2) is 0 Å². The Morgan fingerprint density at radius 1 is 1.10 bits per heavy atom. The standard InChI is InChI=1S/C21H31N3O3S.K/c1-14(2)24-11-5-8-17(24)13-28(26,27)23-21(25)22-20-18-9-3-6-15(18)12-16-7-4-10-19(16)20;/h12,14,17H,3-11,13H2,1-2H3,(H2,22,23,25);. The van der Waals surface area contributed by atoms with Crippen LogP contribution in [0.15, 0.2) is 6.07 Å². The molecule has 3 aliphatic rings. The van der Waals surface area contributed by atoms with Crippen molar-refractivity contribution >= 4 is 73.1 Å². The van der Waals surface area contributed by atoms with Crippen LogP contribution in [0.4, 0.5) is 10.5 Å². The molecule has 1 saturated heterocycles. The van der Waals surface area contributed by atoms with Crippen LogP contribution in [0.1, 0.15) is 61.8 Å². The summed E-state index contributed by atoms with van der Waals surface area (Å²) in [6.07, 6.45) is 8.06. The van der Waals surface area contributed by atoms with Gasteiger partial charge >= 0.3 is 6.03 Å². The second kappa shape index (κ2) is 9.67. The first-order valence-corrected chi connectivity index (χ1v) is 12.2. The van der Waals surface area contributed by atoms with Gasteiger partial charge in [0.1, 0.15) is 0 Å². The number of sulfonamides is 1. The monoisotopic (exact) mass is 444 g/mol. The van der Waals surface area contributed by atoms with Gasteiger partial charge in [0.25, 0.3) is 0 Å². The van der Waals surface area contributed by atoms with E-state index in [1.54, 1.807) is 0 Å². The molecule has 6 nitrogen and oxygen atoms in total. The molecule has 2 amide bonds. The fourth-order valence-corrected chi connectivity index (χ4v) is 6.54. The van der Waals surface area contributed by atoms with Crippen molar-refractivity contribution in [3.63, 3.8) is 0 Å². The van der Waals surface area contributed by atoms with Gasteiger partial charge in [0.05, 0.1) is 5.75 Å². The molecule has 155 valence electrons. The van der Waals surface area contributed by atoms with Crippen LogP contribution in [0, 0.1) is 0 Å². The Morgan fingerprint density at radius 3 is 2.31 bits per heavy atom. The fourth-order valence-electron chi connectivity index (χ4n) is 5.26. The van der Waals surface area contributed by atoms with Crippen molar-refractivity contribution in [2.24, 2.45) is 0 Å². The Bertz CT molecular complexity index is 853. The molecule has 1 aromatic rings. The molecule has 8 heteroatoms. The topological polar surface area (TPSA) is 78.5 Å². The molecule has 29 heavy (non-hydrogen) atoms. The maximum absolute atomic E-state index is 12.6. The summed E-state index contributed by atoms with van der Waals surface area (Å²) in [6.45, 7) is 5.09. The molecule has 0 aromatic heterocycles. The zero-order chi connectivity index (χ0) is 19.9. The number of carbonyl (C=O) groups is 1. The van der Waals surface area contributed by atoms with Gasteiger partial charge in [-0.2, -0.15) is 0 Å². The fraction of sp³-hybridized carbons (Fsp3) is 0.667. The molecule has 0 spiro atoms. The minimum absolute atomic E-state index is 0. The summed E-state index contributed by atoms with van der Waals surface area (Å²) in [5, 5.41) is 2.91. The Morgan fingerprint density at radius 2 is 1.72 bits per heavy atom. The maximum atomic E-state index is 12.6. The van der Waals surface area contributed by atoms with Gasteiger partial charge in [0.2, 0.25) is 10.0 Å². The molecule has 1 unspecified atom stereocenters. The van der Waals surface area contributed by atoms with E-state index in [0.717, 1.165) is 63.6 Å². The van der Waals surface area contributed by atoms with Gasteiger partial charge in [-0.05, 0) is 94.0 Å². The summed E-state index contributed by atoms with van der Waals surface area (Å²) >= 11 is 0. The first-order chi connectivity index (χ1) is 13.3. The van der Waals surface area contributed by atoms with Crippen molar-refractivity contribution in [3.8, 4) is 0 Å². The van der Waals surface area contributed by atoms with Crippen molar-refractivity contribution in [2.45, 2.75) is 77.3 Å². The van der Waals surface area contributed by atoms with Gasteiger partial charge in [-0.1, -0.05) is 6.07 Å². The second-order valence-electron chi connectivity index (χ2n) is 8.70. The van der Waals surface area contributed by atoms with Crippen LogP contribution in [0.3, 0.4) is 0 Å². The molecular formula is C21H31KN3O3S. The van der Waals surface area contributed by atoms with E-state index in [1.165, 1.54) is 22.3 Å². The zero-order valence-electron chi connectivity index (χ0n) is 17.9. The first-order valence-electron chi connectivity index (χ1n) is 10.6. The predicted molar refractivity (Wildman–Crippen MR) is 117 cm³/mol. The SMILES string of the molecule is CC(C)N1CCCC1CS(=O)(=O)NC(=O)Nc1c2c(cc3c1CCC3)CCC2.[K]. The number of rotatable bonds is 5. The smallest absolute Gasteiger partial charge is 0.307 e. The molecule has 1 radical (unpaired) electrons. The molecule has 1 aromatic carbocycles. The molecule has 1 atom stereocenters. The number of nitrogens with one attached hydrogen (secondary N) is 2. The van der Waals surface area contributed by atoms with E-state index < -0.39 is 16.1 Å². The Balaban J connectivity index is 0.00000240. The largest absolute Gasteiger partial charge is 0.332 e. The van der Waals surface area contributed by atoms with Crippen LogP contribution in [-0.2, 0) is 35.7 Å². The van der Waals surface area contributed by atoms with Crippen LogP contribution >= 0.6 is 0 Å². The van der Waals surface area contributed by atoms with Gasteiger partial charge in [-0.3, -0.25) is 4.90 Å². The number of carbonyl (C=O) groups excluding carboxylic acids is 1. The number of fused-ring (bicyclic) bond motifs is 2. The van der Waals surface area contributed by atoms with E-state index in [2.05, 4.69) is 34.9 Å². The third-order valence-corrected chi connectivity index (χ3v) is 7.78. The molecule has 1 heterocycles. The van der Waals surface area contributed by atoms with Crippen LogP contribution in [-0.4, -0.2) is 95.1 Å². The number of amides is 2. The molecule has 1 aliphatic heterocycles. The van der Waals surface area contributed by atoms with Crippen molar-refractivity contribution in [1.82, 2.24) is 9.62 Å². The van der Waals surface area contributed by atoms with Crippen molar-refractivity contribution in [3.05, 3.63) is 28.3 Å². The van der Waals surface area contributed by atoms with Gasteiger partial charge < -0.3 is 5.32 Å². The molecule has 0 saturated carbocycles. The van der Waals surface area contributed by atoms with E-state index in [0.29, 0.717) is 6.04 Å². The number of nitrogens with zero attached hydrogens (tertiary/aromatic N) is 1. The summed E-state index contributed by atoms with van der Waals surface area (Å²) < 4.78 is 27.5.